The summed E-state index contributed by atoms with van der Waals surface area (Å²) in [5, 5.41) is 14.1. The number of pyridine rings is 1. The first kappa shape index (κ1) is 50.4. The van der Waals surface area contributed by atoms with Crippen molar-refractivity contribution in [3.8, 4) is 21.0 Å². The average molecular weight is 1030 g/mol. The molecule has 5 rings (SSSR count). The molecule has 325 valence electrons. The van der Waals surface area contributed by atoms with Gasteiger partial charge in [0.25, 0.3) is 0 Å². The Hall–Kier alpha value is -2.91. The van der Waals surface area contributed by atoms with Crippen LogP contribution in [0.4, 0.5) is 13.2 Å². The van der Waals surface area contributed by atoms with E-state index in [-0.39, 0.29) is 61.2 Å². The van der Waals surface area contributed by atoms with Crippen molar-refractivity contribution in [2.45, 2.75) is 128 Å². The molecule has 0 unspecified atom stereocenters. The molecule has 0 saturated carbocycles. The summed E-state index contributed by atoms with van der Waals surface area (Å²) in [6.07, 6.45) is 0.634. The summed E-state index contributed by atoms with van der Waals surface area (Å²) in [5.41, 5.74) is 2.35. The molecule has 4 nitrogen and oxygen atoms in total. The van der Waals surface area contributed by atoms with E-state index in [2.05, 4.69) is 131 Å². The van der Waals surface area contributed by atoms with E-state index >= 15 is 0 Å². The number of rotatable bonds is 12. The molecule has 0 atom stereocenters. The van der Waals surface area contributed by atoms with E-state index in [1.165, 1.54) is 47.8 Å². The Morgan fingerprint density at radius 2 is 1.39 bits per heavy atom. The summed E-state index contributed by atoms with van der Waals surface area (Å²) in [7, 11) is 0. The molecule has 0 aliphatic heterocycles. The topological polar surface area (TPSA) is 63.1 Å². The Morgan fingerprint density at radius 3 is 1.92 bits per heavy atom. The van der Waals surface area contributed by atoms with Gasteiger partial charge in [0.2, 0.25) is 0 Å². The number of ketones is 1. The van der Waals surface area contributed by atoms with Gasteiger partial charge in [-0.2, -0.15) is 13.2 Å². The fraction of sp³-hybridized carbons (Fsp3) is 0.531. The number of fused-ring (bicyclic) bond motifs is 2. The Morgan fingerprint density at radius 1 is 0.814 bits per heavy atom. The van der Waals surface area contributed by atoms with Gasteiger partial charge >= 0.3 is 6.18 Å². The molecular weight excluding hydrogens is 962 g/mol. The van der Waals surface area contributed by atoms with Crippen LogP contribution in [0, 0.1) is 47.0 Å². The molecule has 0 spiro atoms. The molecule has 1 N–H and O–H groups in total. The molecule has 0 saturated heterocycles. The largest absolute Gasteiger partial charge is 0.512 e. The van der Waals surface area contributed by atoms with Crippen LogP contribution in [-0.4, -0.2) is 27.0 Å². The fourth-order valence-electron chi connectivity index (χ4n) is 8.16. The molecule has 10 heteroatoms. The minimum absolute atomic E-state index is 0. The van der Waals surface area contributed by atoms with Crippen molar-refractivity contribution in [2.75, 3.05) is 0 Å². The minimum Gasteiger partial charge on any atom is -0.512 e. The molecule has 2 aromatic carbocycles. The molecule has 1 radical (unpaired) electrons. The van der Waals surface area contributed by atoms with E-state index in [0.29, 0.717) is 28.7 Å². The zero-order valence-electron chi connectivity index (χ0n) is 37.5. The average Bonchev–Trinajstić information content (AvgIpc) is 3.70. The monoisotopic (exact) mass is 1030 g/mol. The number of alkyl halides is 3. The quantitative estimate of drug-likeness (QED) is 0.0768. The zero-order chi connectivity index (χ0) is 43.7. The Bertz CT molecular complexity index is 2210. The van der Waals surface area contributed by atoms with Crippen LogP contribution in [0.2, 0.25) is 0 Å². The summed E-state index contributed by atoms with van der Waals surface area (Å²) < 4.78 is 41.7. The second-order valence-corrected chi connectivity index (χ2v) is 21.2. The first-order chi connectivity index (χ1) is 26.8. The van der Waals surface area contributed by atoms with Crippen LogP contribution in [0.25, 0.3) is 41.9 Å². The van der Waals surface area contributed by atoms with Crippen LogP contribution in [0.15, 0.2) is 60.6 Å². The van der Waals surface area contributed by atoms with E-state index in [0.717, 1.165) is 36.5 Å². The van der Waals surface area contributed by atoms with Crippen LogP contribution < -0.4 is 0 Å². The van der Waals surface area contributed by atoms with Gasteiger partial charge in [0, 0.05) is 72.1 Å². The van der Waals surface area contributed by atoms with Crippen molar-refractivity contribution >= 4 is 49.3 Å². The van der Waals surface area contributed by atoms with Crippen LogP contribution in [0.1, 0.15) is 126 Å². The summed E-state index contributed by atoms with van der Waals surface area (Å²) in [6.45, 7) is 30.0. The predicted molar refractivity (Wildman–Crippen MR) is 241 cm³/mol. The molecule has 0 amide bonds. The van der Waals surface area contributed by atoms with Crippen molar-refractivity contribution < 1.29 is 43.2 Å². The smallest absolute Gasteiger partial charge is 0.394 e. The molecule has 5 aromatic rings. The third-order valence-electron chi connectivity index (χ3n) is 11.0. The summed E-state index contributed by atoms with van der Waals surface area (Å²) >= 11 is 3.00. The third kappa shape index (κ3) is 11.7. The van der Waals surface area contributed by atoms with Crippen molar-refractivity contribution in [3.63, 3.8) is 0 Å². The molecule has 0 aliphatic carbocycles. The molecule has 3 heterocycles. The second kappa shape index (κ2) is 19.9. The Kier molecular flexibility index (Phi) is 17.0. The summed E-state index contributed by atoms with van der Waals surface area (Å²) in [6, 6.07) is 16.2. The molecule has 0 fully saturated rings. The maximum atomic E-state index is 13.5. The van der Waals surface area contributed by atoms with Gasteiger partial charge in [-0.1, -0.05) is 133 Å². The molecular formula is C49H64F3IrN2O2S2-. The number of carbonyl (C=O) groups excluding carboxylic acids is 1. The van der Waals surface area contributed by atoms with E-state index in [4.69, 9.17) is 4.98 Å². The van der Waals surface area contributed by atoms with Gasteiger partial charge in [-0.25, -0.2) is 4.98 Å². The van der Waals surface area contributed by atoms with Gasteiger partial charge in [-0.05, 0) is 52.0 Å². The van der Waals surface area contributed by atoms with E-state index in [1.807, 2.05) is 12.3 Å². The first-order valence-electron chi connectivity index (χ1n) is 20.6. The number of aliphatic hydroxyl groups excluding tert-OH is 1. The number of thiazole rings is 1. The van der Waals surface area contributed by atoms with Gasteiger partial charge in [-0.15, -0.1) is 51.8 Å². The minimum atomic E-state index is -4.29. The number of allylic oxidation sites excluding steroid dienone is 2. The number of benzene rings is 2. The number of hydrogen-bond donors (Lipinski definition) is 1. The van der Waals surface area contributed by atoms with E-state index in [1.54, 1.807) is 17.5 Å². The SMILES string of the molecule is CC(C)C(C(=O)/C=C(\O)C(C(C)C)C(C)C)C(C)C.CC(C)c1c(-c2cnc(CC(C)(C)C(F)(F)F)s2)sc2c(-c3[c-]c4ccccc4c(C(C)(C)C)c3)nccc12.[Ir]. The van der Waals surface area contributed by atoms with Crippen molar-refractivity contribution in [1.29, 1.82) is 0 Å². The molecule has 0 aliphatic rings. The number of thiophene rings is 1. The maximum Gasteiger partial charge on any atom is 0.394 e. The van der Waals surface area contributed by atoms with Crippen LogP contribution in [0.3, 0.4) is 0 Å². The number of hydrogen-bond acceptors (Lipinski definition) is 6. The van der Waals surface area contributed by atoms with Gasteiger partial charge in [0.1, 0.15) is 0 Å². The molecule has 0 bridgehead atoms. The van der Waals surface area contributed by atoms with Crippen LogP contribution >= 0.6 is 22.7 Å². The summed E-state index contributed by atoms with van der Waals surface area (Å²) in [4.78, 5) is 23.6. The van der Waals surface area contributed by atoms with Crippen LogP contribution in [-0.2, 0) is 36.7 Å². The second-order valence-electron chi connectivity index (χ2n) is 19.1. The Labute approximate surface area is 372 Å². The van der Waals surface area contributed by atoms with Crippen molar-refractivity contribution in [3.05, 3.63) is 82.8 Å². The zero-order valence-corrected chi connectivity index (χ0v) is 41.5. The first-order valence-corrected chi connectivity index (χ1v) is 22.2. The van der Waals surface area contributed by atoms with Crippen molar-refractivity contribution in [2.24, 2.45) is 40.9 Å². The standard InChI is InChI=1S/C32H32F3N2S2.C17H32O2.Ir/c1-18(2)26-22-12-13-36-27(20-14-19-10-8-9-11-21(19)23(15-20)30(3,4)5)28(22)39-29(26)24-17-37-25(38-24)16-31(6,7)32(33,34)35;1-10(2)16(11(3)4)14(18)9-15(19)17(12(5)6)13(7)8;/h8-13,15,17-18H,16H2,1-7H3;9-13,16-18H,1-8H3;/q-1;;/b;14-9-;. The molecule has 3 aromatic heterocycles. The number of carbonyl (C=O) groups is 1. The molecule has 59 heavy (non-hydrogen) atoms. The number of aliphatic hydroxyl groups is 1. The van der Waals surface area contributed by atoms with Gasteiger partial charge < -0.3 is 5.11 Å². The van der Waals surface area contributed by atoms with E-state index < -0.39 is 11.6 Å². The fourth-order valence-corrected chi connectivity index (χ4v) is 10.9. The van der Waals surface area contributed by atoms with Crippen molar-refractivity contribution in [1.82, 2.24) is 9.97 Å². The van der Waals surface area contributed by atoms with E-state index in [9.17, 15) is 23.1 Å². The number of aromatic nitrogens is 2. The van der Waals surface area contributed by atoms with Gasteiger partial charge in [0.05, 0.1) is 21.1 Å². The Balaban J connectivity index is 0.000000396. The predicted octanol–water partition coefficient (Wildman–Crippen LogP) is 15.4. The van der Waals surface area contributed by atoms with Gasteiger partial charge in [-0.3, -0.25) is 9.78 Å². The third-order valence-corrected chi connectivity index (χ3v) is 13.4. The number of halogens is 3. The summed E-state index contributed by atoms with van der Waals surface area (Å²) in [5.74, 6) is 1.84. The normalized spacial score (nSPS) is 13.1. The maximum absolute atomic E-state index is 13.5. The van der Waals surface area contributed by atoms with Crippen LogP contribution in [0.5, 0.6) is 0 Å². The van der Waals surface area contributed by atoms with Gasteiger partial charge in [0.15, 0.2) is 5.78 Å². The number of nitrogens with zero attached hydrogens (tertiary/aromatic N) is 2.